The molecule has 0 heterocycles. The highest BCUT2D eigenvalue weighted by atomic mass is 16.1. The van der Waals surface area contributed by atoms with Crippen molar-refractivity contribution in [2.75, 3.05) is 0 Å². The summed E-state index contributed by atoms with van der Waals surface area (Å²) in [5, 5.41) is 0. The molecule has 0 unspecified atom stereocenters. The van der Waals surface area contributed by atoms with Gasteiger partial charge in [0, 0.05) is 12.3 Å². The van der Waals surface area contributed by atoms with Crippen LogP contribution < -0.4 is 0 Å². The Kier molecular flexibility index (Phi) is 3.64. The Bertz CT molecular complexity index is 617. The zero-order chi connectivity index (χ0) is 17.3. The van der Waals surface area contributed by atoms with Crippen molar-refractivity contribution < 1.29 is 9.59 Å². The molecule has 0 amide bonds. The second kappa shape index (κ2) is 5.29. The summed E-state index contributed by atoms with van der Waals surface area (Å²) in [6.45, 7) is 8.98. The predicted octanol–water partition coefficient (Wildman–Crippen LogP) is 4.97. The second-order valence-corrected chi connectivity index (χ2v) is 9.81. The lowest BCUT2D eigenvalue weighted by Crippen LogP contribution is -2.51. The molecule has 4 aliphatic rings. The van der Waals surface area contributed by atoms with Crippen LogP contribution >= 0.6 is 0 Å². The van der Waals surface area contributed by atoms with E-state index in [-0.39, 0.29) is 16.7 Å². The molecule has 132 valence electrons. The summed E-state index contributed by atoms with van der Waals surface area (Å²) in [6, 6.07) is 0. The molecule has 24 heavy (non-hydrogen) atoms. The number of fused-ring (bicyclic) bond motifs is 5. The highest BCUT2D eigenvalue weighted by Crippen LogP contribution is 2.67. The van der Waals surface area contributed by atoms with E-state index >= 15 is 0 Å². The van der Waals surface area contributed by atoms with Crippen molar-refractivity contribution in [3.63, 3.8) is 0 Å². The van der Waals surface area contributed by atoms with Crippen LogP contribution in [0.15, 0.2) is 11.6 Å². The zero-order valence-electron chi connectivity index (χ0n) is 15.7. The van der Waals surface area contributed by atoms with E-state index in [1.807, 2.05) is 13.0 Å². The van der Waals surface area contributed by atoms with Gasteiger partial charge in [0.05, 0.1) is 0 Å². The van der Waals surface area contributed by atoms with Crippen LogP contribution in [0.4, 0.5) is 0 Å². The van der Waals surface area contributed by atoms with Gasteiger partial charge in [-0.1, -0.05) is 26.3 Å². The second-order valence-electron chi connectivity index (χ2n) is 9.81. The summed E-state index contributed by atoms with van der Waals surface area (Å²) in [5.41, 5.74) is 1.90. The summed E-state index contributed by atoms with van der Waals surface area (Å²) in [7, 11) is 0. The Balaban J connectivity index is 1.69. The van der Waals surface area contributed by atoms with Crippen molar-refractivity contribution in [1.82, 2.24) is 0 Å². The van der Waals surface area contributed by atoms with Gasteiger partial charge < -0.3 is 0 Å². The van der Waals surface area contributed by atoms with Crippen molar-refractivity contribution in [1.29, 1.82) is 0 Å². The number of carbonyl (C=O) groups excluding carboxylic acids is 2. The minimum Gasteiger partial charge on any atom is -0.300 e. The SMILES string of the molecule is CC(=O)[C@@H]1[C@@H](C)C[C@@H]2[C@H]3CCC4=CC(=O)CC[C@]4(C)[C@@H]3CC[C@@]21C. The molecule has 0 radical (unpaired) electrons. The molecular formula is C22H32O2. The summed E-state index contributed by atoms with van der Waals surface area (Å²) >= 11 is 0. The predicted molar refractivity (Wildman–Crippen MR) is 95.4 cm³/mol. The molecule has 4 rings (SSSR count). The monoisotopic (exact) mass is 328 g/mol. The molecular weight excluding hydrogens is 296 g/mol. The molecule has 4 aliphatic carbocycles. The molecule has 3 saturated carbocycles. The number of Topliss-reactive ketones (excluding diaryl/α,β-unsaturated/α-hetero) is 1. The number of rotatable bonds is 1. The average molecular weight is 328 g/mol. The maximum Gasteiger partial charge on any atom is 0.155 e. The van der Waals surface area contributed by atoms with E-state index in [1.54, 1.807) is 0 Å². The molecule has 0 spiro atoms. The lowest BCUT2D eigenvalue weighted by Gasteiger charge is -2.58. The van der Waals surface area contributed by atoms with E-state index in [0.29, 0.717) is 23.4 Å². The fraction of sp³-hybridized carbons (Fsp3) is 0.818. The Morgan fingerprint density at radius 2 is 1.88 bits per heavy atom. The quantitative estimate of drug-likeness (QED) is 0.681. The summed E-state index contributed by atoms with van der Waals surface area (Å²) in [4.78, 5) is 24.3. The van der Waals surface area contributed by atoms with Gasteiger partial charge in [0.2, 0.25) is 0 Å². The van der Waals surface area contributed by atoms with Crippen LogP contribution in [0.25, 0.3) is 0 Å². The zero-order valence-corrected chi connectivity index (χ0v) is 15.7. The Morgan fingerprint density at radius 1 is 1.12 bits per heavy atom. The van der Waals surface area contributed by atoms with Gasteiger partial charge >= 0.3 is 0 Å². The van der Waals surface area contributed by atoms with E-state index in [1.165, 1.54) is 31.3 Å². The van der Waals surface area contributed by atoms with Crippen molar-refractivity contribution in [3.05, 3.63) is 11.6 Å². The lowest BCUT2D eigenvalue weighted by molar-refractivity contribution is -0.129. The average Bonchev–Trinajstić information content (AvgIpc) is 2.78. The summed E-state index contributed by atoms with van der Waals surface area (Å²) in [6.07, 6.45) is 9.79. The first kappa shape index (κ1) is 16.5. The fourth-order valence-corrected chi connectivity index (χ4v) is 7.79. The van der Waals surface area contributed by atoms with Crippen LogP contribution in [-0.2, 0) is 9.59 Å². The molecule has 0 bridgehead atoms. The Morgan fingerprint density at radius 3 is 2.58 bits per heavy atom. The minimum atomic E-state index is 0.217. The van der Waals surface area contributed by atoms with E-state index < -0.39 is 0 Å². The first-order valence-electron chi connectivity index (χ1n) is 10.0. The Labute approximate surface area is 146 Å². The van der Waals surface area contributed by atoms with E-state index in [0.717, 1.165) is 31.1 Å². The van der Waals surface area contributed by atoms with Gasteiger partial charge in [0.15, 0.2) is 5.78 Å². The molecule has 0 saturated heterocycles. The first-order chi connectivity index (χ1) is 11.3. The number of allylic oxidation sites excluding steroid dienone is 1. The highest BCUT2D eigenvalue weighted by molar-refractivity contribution is 5.91. The molecule has 0 aromatic rings. The van der Waals surface area contributed by atoms with Crippen LogP contribution in [0.5, 0.6) is 0 Å². The molecule has 2 heteroatoms. The third-order valence-electron chi connectivity index (χ3n) is 8.74. The maximum atomic E-state index is 12.4. The first-order valence-corrected chi connectivity index (χ1v) is 10.0. The van der Waals surface area contributed by atoms with Crippen molar-refractivity contribution in [3.8, 4) is 0 Å². The van der Waals surface area contributed by atoms with Gasteiger partial charge in [-0.05, 0) is 86.0 Å². The number of hydrogen-bond acceptors (Lipinski definition) is 2. The molecule has 7 atom stereocenters. The Hall–Kier alpha value is -0.920. The van der Waals surface area contributed by atoms with E-state index in [2.05, 4.69) is 20.8 Å². The smallest absolute Gasteiger partial charge is 0.155 e. The topological polar surface area (TPSA) is 34.1 Å². The summed E-state index contributed by atoms with van der Waals surface area (Å²) < 4.78 is 0. The number of carbonyl (C=O) groups is 2. The number of hydrogen-bond donors (Lipinski definition) is 0. The largest absolute Gasteiger partial charge is 0.300 e. The van der Waals surface area contributed by atoms with Crippen LogP contribution in [0.1, 0.15) is 72.6 Å². The third kappa shape index (κ3) is 2.07. The standard InChI is InChI=1S/C22H32O2/c1-13-11-19-17-6-5-15-12-16(24)7-9-21(15,3)18(17)8-10-22(19,4)20(13)14(2)23/h12-13,17-20H,5-11H2,1-4H3/t13-,17-,18+,19+,20-,21-,22-/m0/s1. The van der Waals surface area contributed by atoms with Gasteiger partial charge in [-0.2, -0.15) is 0 Å². The normalized spacial score (nSPS) is 50.6. The van der Waals surface area contributed by atoms with Crippen molar-refractivity contribution in [2.24, 2.45) is 40.4 Å². The lowest BCUT2D eigenvalue weighted by atomic mass is 9.46. The van der Waals surface area contributed by atoms with Crippen molar-refractivity contribution >= 4 is 11.6 Å². The van der Waals surface area contributed by atoms with Crippen LogP contribution in [0.2, 0.25) is 0 Å². The summed E-state index contributed by atoms with van der Waals surface area (Å²) in [5.74, 6) is 3.74. The van der Waals surface area contributed by atoms with Crippen molar-refractivity contribution in [2.45, 2.75) is 72.6 Å². The van der Waals surface area contributed by atoms with Crippen LogP contribution in [-0.4, -0.2) is 11.6 Å². The van der Waals surface area contributed by atoms with Gasteiger partial charge in [-0.25, -0.2) is 0 Å². The van der Waals surface area contributed by atoms with Gasteiger partial charge in [0.25, 0.3) is 0 Å². The van der Waals surface area contributed by atoms with Crippen LogP contribution in [0.3, 0.4) is 0 Å². The molecule has 0 aliphatic heterocycles. The molecule has 2 nitrogen and oxygen atoms in total. The van der Waals surface area contributed by atoms with Crippen LogP contribution in [0, 0.1) is 40.4 Å². The van der Waals surface area contributed by atoms with E-state index in [4.69, 9.17) is 0 Å². The molecule has 0 aromatic carbocycles. The number of ketones is 2. The van der Waals surface area contributed by atoms with Gasteiger partial charge in [-0.3, -0.25) is 9.59 Å². The third-order valence-corrected chi connectivity index (χ3v) is 8.74. The molecule has 0 N–H and O–H groups in total. The maximum absolute atomic E-state index is 12.4. The van der Waals surface area contributed by atoms with Gasteiger partial charge in [0.1, 0.15) is 5.78 Å². The van der Waals surface area contributed by atoms with E-state index in [9.17, 15) is 9.59 Å². The molecule has 0 aromatic heterocycles. The minimum absolute atomic E-state index is 0.217. The van der Waals surface area contributed by atoms with Gasteiger partial charge in [-0.15, -0.1) is 0 Å². The highest BCUT2D eigenvalue weighted by Gasteiger charge is 2.61. The molecule has 3 fully saturated rings. The fourth-order valence-electron chi connectivity index (χ4n) is 7.79.